The lowest BCUT2D eigenvalue weighted by Crippen LogP contribution is -2.40. The van der Waals surface area contributed by atoms with Crippen LogP contribution in [0.3, 0.4) is 0 Å². The van der Waals surface area contributed by atoms with E-state index < -0.39 is 40.3 Å². The number of phenols is 1. The number of carbonyl (C=O) groups excluding carboxylic acids is 2. The highest BCUT2D eigenvalue weighted by Crippen LogP contribution is 2.39. The van der Waals surface area contributed by atoms with Crippen LogP contribution in [0.1, 0.15) is 58.4 Å². The molecule has 2 amide bonds. The molecule has 2 heterocycles. The highest BCUT2D eigenvalue weighted by molar-refractivity contribution is 8.59. The zero-order valence-electron chi connectivity index (χ0n) is 20.0. The van der Waals surface area contributed by atoms with Crippen molar-refractivity contribution >= 4 is 57.8 Å². The van der Waals surface area contributed by atoms with E-state index in [1.54, 1.807) is 25.7 Å². The molecule has 0 bridgehead atoms. The molecule has 2 atom stereocenters. The number of nitrogens with one attached hydrogen (secondary N) is 1. The Balaban J connectivity index is 0.00000167. The van der Waals surface area contributed by atoms with Crippen LogP contribution in [-0.2, 0) is 20.7 Å². The van der Waals surface area contributed by atoms with Crippen LogP contribution in [0.2, 0.25) is 0 Å². The number of phenolic OH excluding ortho intramolecular Hbond substituents is 1. The molecule has 194 valence electrons. The third-order valence-electron chi connectivity index (χ3n) is 6.24. The molecule has 0 spiro atoms. The first-order valence-electron chi connectivity index (χ1n) is 11.4. The van der Waals surface area contributed by atoms with Gasteiger partial charge in [-0.3, -0.25) is 18.7 Å². The first kappa shape index (κ1) is 27.7. The highest BCUT2D eigenvalue weighted by Gasteiger charge is 2.36. The third kappa shape index (κ3) is 6.45. The summed E-state index contributed by atoms with van der Waals surface area (Å²) in [6.07, 6.45) is 6.81. The predicted molar refractivity (Wildman–Crippen MR) is 141 cm³/mol. The number of ether oxygens (including phenoxy) is 1. The van der Waals surface area contributed by atoms with Gasteiger partial charge in [-0.15, -0.1) is 23.3 Å². The largest absolute Gasteiger partial charge is 0.506 e. The molecule has 4 rings (SSSR count). The molecule has 2 unspecified atom stereocenters. The second kappa shape index (κ2) is 11.4. The molecule has 8 nitrogen and oxygen atoms in total. The molecular formula is C23H32FN3O5S3. The minimum absolute atomic E-state index is 0.158. The summed E-state index contributed by atoms with van der Waals surface area (Å²) in [4.78, 5) is 26.1. The van der Waals surface area contributed by atoms with Gasteiger partial charge in [-0.05, 0) is 57.2 Å². The number of rotatable bonds is 5. The van der Waals surface area contributed by atoms with Crippen LogP contribution in [0.5, 0.6) is 5.75 Å². The minimum Gasteiger partial charge on any atom is -0.506 e. The second-order valence-electron chi connectivity index (χ2n) is 9.85. The van der Waals surface area contributed by atoms with Crippen LogP contribution in [0.4, 0.5) is 14.9 Å². The Hall–Kier alpha value is -1.92. The lowest BCUT2D eigenvalue weighted by Gasteiger charge is -2.31. The van der Waals surface area contributed by atoms with Crippen molar-refractivity contribution in [1.29, 1.82) is 0 Å². The monoisotopic (exact) mass is 545 g/mol. The molecule has 35 heavy (non-hydrogen) atoms. The summed E-state index contributed by atoms with van der Waals surface area (Å²) in [5, 5.41) is 10.3. The fourth-order valence-electron chi connectivity index (χ4n) is 4.37. The summed E-state index contributed by atoms with van der Waals surface area (Å²) >= 11 is 4.47. The molecule has 1 saturated heterocycles. The van der Waals surface area contributed by atoms with Gasteiger partial charge in [-0.25, -0.2) is 13.4 Å². The molecule has 1 aromatic rings. The normalized spacial score (nSPS) is 22.2. The van der Waals surface area contributed by atoms with E-state index >= 15 is 4.39 Å². The number of amides is 2. The summed E-state index contributed by atoms with van der Waals surface area (Å²) in [6.45, 7) is 5.24. The fourth-order valence-corrected chi connectivity index (χ4v) is 5.32. The number of hydrogen-bond donors (Lipinski definition) is 4. The van der Waals surface area contributed by atoms with Gasteiger partial charge in [0.05, 0.1) is 12.6 Å². The summed E-state index contributed by atoms with van der Waals surface area (Å²) in [6, 6.07) is 2.53. The number of benzene rings is 1. The molecular weight excluding hydrogens is 513 g/mol. The number of anilines is 1. The molecule has 2 N–H and O–H groups in total. The van der Waals surface area contributed by atoms with E-state index in [9.17, 15) is 18.9 Å². The Morgan fingerprint density at radius 1 is 1.26 bits per heavy atom. The maximum Gasteiger partial charge on any atom is 0.411 e. The Kier molecular flexibility index (Phi) is 9.03. The summed E-state index contributed by atoms with van der Waals surface area (Å²) in [5.74, 6) is -1.06. The lowest BCUT2D eigenvalue weighted by atomic mass is 9.81. The predicted octanol–water partition coefficient (Wildman–Crippen LogP) is 4.39. The molecule has 0 radical (unpaired) electrons. The second-order valence-corrected chi connectivity index (χ2v) is 11.0. The molecule has 1 saturated carbocycles. The molecule has 1 aromatic carbocycles. The molecule has 1 aliphatic carbocycles. The van der Waals surface area contributed by atoms with E-state index in [-0.39, 0.29) is 30.4 Å². The van der Waals surface area contributed by atoms with Crippen LogP contribution in [-0.4, -0.2) is 50.9 Å². The van der Waals surface area contributed by atoms with Crippen molar-refractivity contribution in [2.24, 2.45) is 5.92 Å². The van der Waals surface area contributed by atoms with Crippen molar-refractivity contribution < 1.29 is 28.0 Å². The van der Waals surface area contributed by atoms with Gasteiger partial charge < -0.3 is 9.84 Å². The molecule has 2 aliphatic heterocycles. The zero-order valence-corrected chi connectivity index (χ0v) is 22.6. The highest BCUT2D eigenvalue weighted by atomic mass is 33.1. The number of hydrogen-bond acceptors (Lipinski definition) is 7. The average molecular weight is 546 g/mol. The number of halogens is 1. The quantitative estimate of drug-likeness (QED) is 0.325. The van der Waals surface area contributed by atoms with E-state index in [0.29, 0.717) is 11.5 Å². The maximum atomic E-state index is 15.6. The first-order valence-corrected chi connectivity index (χ1v) is 14.1. The van der Waals surface area contributed by atoms with Crippen molar-refractivity contribution in [2.45, 2.75) is 64.5 Å². The zero-order chi connectivity index (χ0) is 25.9. The molecule has 2 fully saturated rings. The maximum absolute atomic E-state index is 15.6. The van der Waals surface area contributed by atoms with Gasteiger partial charge in [0, 0.05) is 5.56 Å². The van der Waals surface area contributed by atoms with Crippen LogP contribution in [0, 0.1) is 11.7 Å². The summed E-state index contributed by atoms with van der Waals surface area (Å²) < 4.78 is 36.5. The summed E-state index contributed by atoms with van der Waals surface area (Å²) in [5.41, 5.74) is -0.178. The molecule has 0 aromatic heterocycles. The fraction of sp³-hybridized carbons (Fsp3) is 0.565. The Morgan fingerprint density at radius 3 is 2.49 bits per heavy atom. The van der Waals surface area contributed by atoms with Gasteiger partial charge in [-0.2, -0.15) is 0 Å². The van der Waals surface area contributed by atoms with E-state index in [4.69, 9.17) is 4.74 Å². The van der Waals surface area contributed by atoms with Gasteiger partial charge in [0.1, 0.15) is 23.6 Å². The molecule has 3 aliphatic rings. The third-order valence-corrected chi connectivity index (χ3v) is 7.35. The van der Waals surface area contributed by atoms with Crippen LogP contribution in [0.15, 0.2) is 18.2 Å². The van der Waals surface area contributed by atoms with E-state index in [1.807, 2.05) is 6.08 Å². The van der Waals surface area contributed by atoms with E-state index in [1.165, 1.54) is 31.4 Å². The van der Waals surface area contributed by atoms with Crippen LogP contribution < -0.4 is 9.03 Å². The van der Waals surface area contributed by atoms with Crippen molar-refractivity contribution in [3.63, 3.8) is 0 Å². The van der Waals surface area contributed by atoms with Gasteiger partial charge in [0.2, 0.25) is 11.2 Å². The van der Waals surface area contributed by atoms with Crippen molar-refractivity contribution in [3.8, 4) is 5.75 Å². The van der Waals surface area contributed by atoms with Crippen LogP contribution >= 0.6 is 23.3 Å². The van der Waals surface area contributed by atoms with Crippen LogP contribution in [0.25, 0.3) is 5.57 Å². The Bertz CT molecular complexity index is 1030. The number of nitrogens with zero attached hydrogens (tertiary/aromatic N) is 2. The molecule has 12 heteroatoms. The topological polar surface area (TPSA) is 99.2 Å². The SMILES string of the molecule is CC(C)(C)OC(=O)N1CC(c2ccc(O)c(N3CC(=O)NS3=O)c2F)=CC1CCC1CCC1.SS. The van der Waals surface area contributed by atoms with E-state index in [2.05, 4.69) is 28.0 Å². The standard InChI is InChI=1S/C23H30FN3O5S.H2S2/c1-23(2,3)32-22(30)26-12-15(11-16(26)8-7-14-5-4-6-14)17-9-10-18(28)21(20(17)24)27-13-19(29)25-33(27)31;1-2/h9-11,14,16,28H,4-8,12-13H2,1-3H3,(H,25,29);1-2H. The Morgan fingerprint density at radius 2 is 1.94 bits per heavy atom. The van der Waals surface area contributed by atoms with Crippen molar-refractivity contribution in [3.05, 3.63) is 29.6 Å². The van der Waals surface area contributed by atoms with Gasteiger partial charge in [0.25, 0.3) is 5.91 Å². The number of aromatic hydroxyl groups is 1. The average Bonchev–Trinajstić information content (AvgIpc) is 3.30. The van der Waals surface area contributed by atoms with Gasteiger partial charge in [-0.1, -0.05) is 25.3 Å². The number of thiol groups is 2. The smallest absolute Gasteiger partial charge is 0.411 e. The van der Waals surface area contributed by atoms with E-state index in [0.717, 1.165) is 17.1 Å². The van der Waals surface area contributed by atoms with Crippen molar-refractivity contribution in [2.75, 3.05) is 17.4 Å². The Labute approximate surface area is 218 Å². The summed E-state index contributed by atoms with van der Waals surface area (Å²) in [7, 11) is 0. The van der Waals surface area contributed by atoms with Gasteiger partial charge in [0.15, 0.2) is 5.82 Å². The van der Waals surface area contributed by atoms with Gasteiger partial charge >= 0.3 is 6.09 Å². The lowest BCUT2D eigenvalue weighted by molar-refractivity contribution is -0.117. The number of carbonyl (C=O) groups is 2. The first-order chi connectivity index (χ1) is 16.5. The minimum atomic E-state index is -1.98. The van der Waals surface area contributed by atoms with Crippen molar-refractivity contribution in [1.82, 2.24) is 9.62 Å².